The lowest BCUT2D eigenvalue weighted by atomic mass is 10.0. The van der Waals surface area contributed by atoms with E-state index in [0.717, 1.165) is 49.7 Å². The number of carbonyl (C=O) groups is 2. The quantitative estimate of drug-likeness (QED) is 0.418. The van der Waals surface area contributed by atoms with E-state index in [2.05, 4.69) is 34.1 Å². The Labute approximate surface area is 221 Å². The summed E-state index contributed by atoms with van der Waals surface area (Å²) >= 11 is 0. The first kappa shape index (κ1) is 27.6. The molecule has 2 aliphatic heterocycles. The van der Waals surface area contributed by atoms with Crippen LogP contribution in [0, 0.1) is 11.8 Å². The number of unbranched alkanes of at least 4 members (excludes halogenated alkanes) is 2. The van der Waals surface area contributed by atoms with Crippen molar-refractivity contribution in [3.8, 4) is 0 Å². The average molecular weight is 529 g/mol. The second kappa shape index (κ2) is 12.9. The first-order valence-corrected chi connectivity index (χ1v) is 13.4. The molecule has 4 heterocycles. The van der Waals surface area contributed by atoms with Gasteiger partial charge < -0.3 is 18.7 Å². The second-order valence-corrected chi connectivity index (χ2v) is 9.98. The first-order valence-electron chi connectivity index (χ1n) is 13.4. The number of aryl methyl sites for hydroxylation is 2. The zero-order valence-corrected chi connectivity index (χ0v) is 22.5. The van der Waals surface area contributed by atoms with E-state index < -0.39 is 11.9 Å². The van der Waals surface area contributed by atoms with Crippen molar-refractivity contribution >= 4 is 23.1 Å². The van der Waals surface area contributed by atoms with Gasteiger partial charge in [-0.2, -0.15) is 9.97 Å². The zero-order valence-electron chi connectivity index (χ0n) is 22.5. The zero-order chi connectivity index (χ0) is 27.1. The van der Waals surface area contributed by atoms with Gasteiger partial charge in [-0.1, -0.05) is 63.0 Å². The number of carbonyl (C=O) groups excluding carboxylic acids is 2. The van der Waals surface area contributed by atoms with Crippen LogP contribution in [0.1, 0.15) is 76.8 Å². The molecule has 0 radical (unpaired) electrons. The molecule has 2 aromatic heterocycles. The van der Waals surface area contributed by atoms with Gasteiger partial charge in [-0.25, -0.2) is 9.59 Å². The first-order chi connectivity index (χ1) is 18.3. The van der Waals surface area contributed by atoms with Crippen molar-refractivity contribution in [1.29, 1.82) is 0 Å². The number of nitrogens with zero attached hydrogens (tertiary/aromatic N) is 6. The molecular weight excluding hydrogens is 492 g/mol. The molecule has 2 atom stereocenters. The van der Waals surface area contributed by atoms with Crippen molar-refractivity contribution in [3.63, 3.8) is 0 Å². The molecule has 12 nitrogen and oxygen atoms in total. The molecule has 0 N–H and O–H groups in total. The Kier molecular flexibility index (Phi) is 9.40. The second-order valence-electron chi connectivity index (χ2n) is 9.98. The number of hydrogen-bond acceptors (Lipinski definition) is 12. The number of rotatable bonds is 10. The van der Waals surface area contributed by atoms with Crippen LogP contribution in [0.3, 0.4) is 0 Å². The van der Waals surface area contributed by atoms with E-state index in [9.17, 15) is 9.59 Å². The molecule has 0 aliphatic carbocycles. The Bertz CT molecular complexity index is 1080. The van der Waals surface area contributed by atoms with Crippen LogP contribution in [0.2, 0.25) is 0 Å². The maximum atomic E-state index is 12.6. The summed E-state index contributed by atoms with van der Waals surface area (Å²) in [6.45, 7) is 9.44. The summed E-state index contributed by atoms with van der Waals surface area (Å²) in [6, 6.07) is 0. The maximum Gasteiger partial charge on any atom is 0.438 e. The van der Waals surface area contributed by atoms with Crippen molar-refractivity contribution in [2.45, 2.75) is 66.2 Å². The molecule has 12 heteroatoms. The SMILES string of the molecule is CCCCc1noc(C2=C[C@H](C)CN(OC(=O)C(=O)ON3CC(c4nc(CCCC)no4)=C[C@H](C)C3)C2)n1. The largest absolute Gasteiger partial charge is 0.438 e. The number of hydrogen-bond donors (Lipinski definition) is 0. The highest BCUT2D eigenvalue weighted by molar-refractivity contribution is 6.29. The van der Waals surface area contributed by atoms with Gasteiger partial charge in [0.05, 0.1) is 13.1 Å². The molecule has 0 fully saturated rings. The third kappa shape index (κ3) is 7.35. The predicted molar refractivity (Wildman–Crippen MR) is 135 cm³/mol. The summed E-state index contributed by atoms with van der Waals surface area (Å²) in [6.07, 6.45) is 9.52. The van der Waals surface area contributed by atoms with Crippen LogP contribution in [0.5, 0.6) is 0 Å². The molecule has 2 aliphatic rings. The van der Waals surface area contributed by atoms with Crippen molar-refractivity contribution < 1.29 is 28.3 Å². The van der Waals surface area contributed by atoms with Gasteiger partial charge in [0.25, 0.3) is 11.8 Å². The van der Waals surface area contributed by atoms with Crippen LogP contribution in [0.25, 0.3) is 11.1 Å². The van der Waals surface area contributed by atoms with Gasteiger partial charge in [0, 0.05) is 37.1 Å². The minimum atomic E-state index is -1.10. The van der Waals surface area contributed by atoms with E-state index in [1.807, 2.05) is 26.0 Å². The lowest BCUT2D eigenvalue weighted by molar-refractivity contribution is -0.217. The van der Waals surface area contributed by atoms with E-state index in [4.69, 9.17) is 18.7 Å². The highest BCUT2D eigenvalue weighted by Crippen LogP contribution is 2.25. The third-order valence-corrected chi connectivity index (χ3v) is 6.23. The smallest absolute Gasteiger partial charge is 0.359 e. The van der Waals surface area contributed by atoms with Crippen molar-refractivity contribution in [1.82, 2.24) is 30.4 Å². The minimum Gasteiger partial charge on any atom is -0.359 e. The van der Waals surface area contributed by atoms with Gasteiger partial charge in [-0.05, 0) is 24.7 Å². The number of aromatic nitrogens is 4. The fraction of sp³-hybridized carbons (Fsp3) is 0.615. The van der Waals surface area contributed by atoms with Crippen LogP contribution in [0.4, 0.5) is 0 Å². The summed E-state index contributed by atoms with van der Waals surface area (Å²) in [5.41, 5.74) is 1.50. The molecular formula is C26H36N6O6. The van der Waals surface area contributed by atoms with Crippen LogP contribution in [-0.4, -0.2) is 68.5 Å². The van der Waals surface area contributed by atoms with Gasteiger partial charge in [-0.15, -0.1) is 10.1 Å². The fourth-order valence-corrected chi connectivity index (χ4v) is 4.42. The topological polar surface area (TPSA) is 137 Å². The molecule has 0 unspecified atom stereocenters. The van der Waals surface area contributed by atoms with Crippen molar-refractivity contribution in [3.05, 3.63) is 35.6 Å². The molecule has 0 aromatic carbocycles. The summed E-state index contributed by atoms with van der Waals surface area (Å²) in [5, 5.41) is 10.9. The van der Waals surface area contributed by atoms with Gasteiger partial charge >= 0.3 is 11.9 Å². The predicted octanol–water partition coefficient (Wildman–Crippen LogP) is 3.42. The highest BCUT2D eigenvalue weighted by Gasteiger charge is 2.31. The Morgan fingerprint density at radius 1 is 0.816 bits per heavy atom. The average Bonchev–Trinajstić information content (AvgIpc) is 3.55. The molecule has 0 amide bonds. The summed E-state index contributed by atoms with van der Waals surface area (Å²) < 4.78 is 10.8. The Hall–Kier alpha value is -3.38. The summed E-state index contributed by atoms with van der Waals surface area (Å²) in [7, 11) is 0. The lowest BCUT2D eigenvalue weighted by Crippen LogP contribution is -2.41. The van der Waals surface area contributed by atoms with Gasteiger partial charge in [0.2, 0.25) is 0 Å². The molecule has 4 rings (SSSR count). The lowest BCUT2D eigenvalue weighted by Gasteiger charge is -2.29. The van der Waals surface area contributed by atoms with Crippen molar-refractivity contribution in [2.75, 3.05) is 26.2 Å². The Balaban J connectivity index is 1.31. The normalized spacial score (nSPS) is 20.6. The summed E-state index contributed by atoms with van der Waals surface area (Å²) in [5.74, 6) is -0.0304. The maximum absolute atomic E-state index is 12.6. The molecule has 38 heavy (non-hydrogen) atoms. The summed E-state index contributed by atoms with van der Waals surface area (Å²) in [4.78, 5) is 44.9. The van der Waals surface area contributed by atoms with E-state index in [0.29, 0.717) is 36.5 Å². The fourth-order valence-electron chi connectivity index (χ4n) is 4.42. The standard InChI is InChI=1S/C26H36N6O6/c1-5-7-9-21-27-23(35-29-21)19-11-17(3)13-31(15-19)37-25(33)26(34)38-32-14-18(4)12-20(16-32)24-28-22(30-36-24)10-8-6-2/h11-12,17-18H,5-10,13-16H2,1-4H3/t17-,18-/m0/s1. The van der Waals surface area contributed by atoms with Crippen molar-refractivity contribution in [2.24, 2.45) is 11.8 Å². The Morgan fingerprint density at radius 3 is 1.63 bits per heavy atom. The van der Waals surface area contributed by atoms with Gasteiger partial charge in [0.1, 0.15) is 0 Å². The minimum absolute atomic E-state index is 0.0424. The molecule has 0 bridgehead atoms. The third-order valence-electron chi connectivity index (χ3n) is 6.23. The van der Waals surface area contributed by atoms with Crippen LogP contribution < -0.4 is 0 Å². The molecule has 0 saturated heterocycles. The van der Waals surface area contributed by atoms with Crippen LogP contribution in [-0.2, 0) is 32.1 Å². The van der Waals surface area contributed by atoms with E-state index in [1.54, 1.807) is 0 Å². The Morgan fingerprint density at radius 2 is 1.24 bits per heavy atom. The van der Waals surface area contributed by atoms with Crippen LogP contribution >= 0.6 is 0 Å². The van der Waals surface area contributed by atoms with E-state index in [1.165, 1.54) is 10.1 Å². The highest BCUT2D eigenvalue weighted by atomic mass is 16.8. The van der Waals surface area contributed by atoms with E-state index in [-0.39, 0.29) is 24.9 Å². The molecule has 0 saturated carbocycles. The van der Waals surface area contributed by atoms with Gasteiger partial charge in [-0.3, -0.25) is 0 Å². The monoisotopic (exact) mass is 528 g/mol. The molecule has 2 aromatic rings. The number of hydroxylamine groups is 4. The molecule has 206 valence electrons. The van der Waals surface area contributed by atoms with Gasteiger partial charge in [0.15, 0.2) is 11.6 Å². The van der Waals surface area contributed by atoms with E-state index >= 15 is 0 Å². The van der Waals surface area contributed by atoms with Crippen LogP contribution in [0.15, 0.2) is 21.2 Å². The molecule has 0 spiro atoms.